The molecule has 56 heavy (non-hydrogen) atoms. The van der Waals surface area contributed by atoms with Gasteiger partial charge in [-0.25, -0.2) is 15.2 Å². The van der Waals surface area contributed by atoms with Crippen LogP contribution in [0.2, 0.25) is 0 Å². The van der Waals surface area contributed by atoms with E-state index in [0.29, 0.717) is 111 Å². The van der Waals surface area contributed by atoms with Crippen LogP contribution in [0.1, 0.15) is 126 Å². The molecule has 0 aromatic heterocycles. The molecule has 1 atom stereocenters. The molecule has 316 valence electrons. The molecule has 0 saturated carbocycles. The lowest BCUT2D eigenvalue weighted by atomic mass is 9.86. The molecular formula is C39H64N6O11. The van der Waals surface area contributed by atoms with E-state index in [4.69, 9.17) is 4.74 Å². The van der Waals surface area contributed by atoms with Gasteiger partial charge in [0.05, 0.1) is 0 Å². The summed E-state index contributed by atoms with van der Waals surface area (Å²) in [5.74, 6) is -1.49. The van der Waals surface area contributed by atoms with Crippen LogP contribution in [-0.2, 0) is 35.2 Å². The van der Waals surface area contributed by atoms with Gasteiger partial charge in [-0.2, -0.15) is 0 Å². The molecule has 1 aliphatic heterocycles. The van der Waals surface area contributed by atoms with Gasteiger partial charge in [-0.3, -0.25) is 44.4 Å². The second-order valence-electron chi connectivity index (χ2n) is 14.7. The highest BCUT2D eigenvalue weighted by molar-refractivity contribution is 5.86. The van der Waals surface area contributed by atoms with E-state index in [-0.39, 0.29) is 68.8 Å². The summed E-state index contributed by atoms with van der Waals surface area (Å²) in [4.78, 5) is 72.5. The molecule has 7 N–H and O–H groups in total. The van der Waals surface area contributed by atoms with Crippen molar-refractivity contribution in [1.82, 2.24) is 31.1 Å². The number of benzene rings is 1. The highest BCUT2D eigenvalue weighted by atomic mass is 16.5. The van der Waals surface area contributed by atoms with E-state index < -0.39 is 23.3 Å². The van der Waals surface area contributed by atoms with Crippen molar-refractivity contribution in [3.8, 4) is 11.5 Å². The maximum atomic E-state index is 13.0. The number of nitrogens with zero attached hydrogens (tertiary/aromatic N) is 3. The average Bonchev–Trinajstić information content (AvgIpc) is 3.17. The maximum Gasteiger partial charge on any atom is 0.263 e. The number of nitrogens with one attached hydrogen (secondary N) is 3. The van der Waals surface area contributed by atoms with Crippen LogP contribution in [0.4, 0.5) is 0 Å². The molecule has 0 aliphatic carbocycles. The number of phenolic OH excluding ortho intramolecular Hbond substituents is 1. The summed E-state index contributed by atoms with van der Waals surface area (Å²) < 4.78 is 6.22. The first-order chi connectivity index (χ1) is 26.5. The molecule has 1 aromatic rings. The molecule has 0 saturated heterocycles. The van der Waals surface area contributed by atoms with Crippen molar-refractivity contribution in [2.24, 2.45) is 0 Å². The number of phenols is 1. The van der Waals surface area contributed by atoms with Crippen LogP contribution in [0.3, 0.4) is 0 Å². The van der Waals surface area contributed by atoms with Crippen molar-refractivity contribution in [1.29, 1.82) is 0 Å². The Balaban J connectivity index is 1.48. The Kier molecular flexibility index (Phi) is 20.6. The number of unbranched alkanes of at least 4 members (excludes halogenated alkanes) is 6. The van der Waals surface area contributed by atoms with Gasteiger partial charge in [0.1, 0.15) is 11.5 Å². The SMILES string of the molecule is CC(=O)N(O)CCCCCNC(=O)CCC(=O)N(O)CCCCCNC(=O)CCC(=O)N(O)CCCCCNC(=O)[C@@]1(C)CCc2c(C)c(O)c(C)c(C)c2O1. The normalized spacial score (nSPS) is 14.6. The monoisotopic (exact) mass is 792 g/mol. The van der Waals surface area contributed by atoms with E-state index in [9.17, 15) is 49.5 Å². The fourth-order valence-electron chi connectivity index (χ4n) is 6.22. The van der Waals surface area contributed by atoms with Gasteiger partial charge >= 0.3 is 0 Å². The first-order valence-electron chi connectivity index (χ1n) is 19.8. The molecule has 1 heterocycles. The Hall–Kier alpha value is -4.48. The predicted molar refractivity (Wildman–Crippen MR) is 205 cm³/mol. The average molecular weight is 793 g/mol. The van der Waals surface area contributed by atoms with Crippen LogP contribution in [0, 0.1) is 20.8 Å². The van der Waals surface area contributed by atoms with Crippen LogP contribution >= 0.6 is 0 Å². The Bertz CT molecular complexity index is 1510. The fraction of sp³-hybridized carbons (Fsp3) is 0.692. The van der Waals surface area contributed by atoms with E-state index in [1.807, 2.05) is 20.8 Å². The second-order valence-corrected chi connectivity index (χ2v) is 14.7. The zero-order valence-corrected chi connectivity index (χ0v) is 33.8. The number of hydrogen-bond acceptors (Lipinski definition) is 11. The van der Waals surface area contributed by atoms with Crippen LogP contribution in [0.25, 0.3) is 0 Å². The van der Waals surface area contributed by atoms with Crippen LogP contribution < -0.4 is 20.7 Å². The molecule has 1 aliphatic rings. The molecule has 0 unspecified atom stereocenters. The first-order valence-corrected chi connectivity index (χ1v) is 19.8. The van der Waals surface area contributed by atoms with Gasteiger partial charge in [-0.15, -0.1) is 0 Å². The van der Waals surface area contributed by atoms with Gasteiger partial charge in [0.25, 0.3) is 5.91 Å². The summed E-state index contributed by atoms with van der Waals surface area (Å²) in [5, 5.41) is 50.0. The van der Waals surface area contributed by atoms with Crippen LogP contribution in [0.5, 0.6) is 11.5 Å². The standard InChI is InChI=1S/C39H64N6O11/c1-27-28(2)37-31(29(3)36(27)51)19-20-39(5,56-37)38(52)42-23-11-8-14-26-45(55)35(50)18-16-33(48)41-22-10-7-13-25-44(54)34(49)17-15-32(47)40-21-9-6-12-24-43(53)30(4)46/h51,53-55H,6-26H2,1-5H3,(H,40,47)(H,41,48)(H,42,52)/t39-/m1/s1. The van der Waals surface area contributed by atoms with Crippen molar-refractivity contribution in [2.75, 3.05) is 39.3 Å². The number of aromatic hydroxyl groups is 1. The van der Waals surface area contributed by atoms with E-state index >= 15 is 0 Å². The minimum atomic E-state index is -1.03. The third-order valence-electron chi connectivity index (χ3n) is 10.1. The minimum Gasteiger partial charge on any atom is -0.507 e. The Morgan fingerprint density at radius 1 is 0.625 bits per heavy atom. The van der Waals surface area contributed by atoms with Crippen molar-refractivity contribution in [2.45, 2.75) is 137 Å². The molecule has 17 heteroatoms. The molecule has 2 rings (SSSR count). The number of ether oxygens (including phenoxy) is 1. The highest BCUT2D eigenvalue weighted by Gasteiger charge is 2.40. The van der Waals surface area contributed by atoms with Gasteiger partial charge in [0.2, 0.25) is 29.5 Å². The number of rotatable bonds is 25. The summed E-state index contributed by atoms with van der Waals surface area (Å²) in [6.07, 6.45) is 6.12. The number of fused-ring (bicyclic) bond motifs is 1. The molecule has 1 aromatic carbocycles. The van der Waals surface area contributed by atoms with Gasteiger partial charge < -0.3 is 25.8 Å². The Morgan fingerprint density at radius 3 is 1.54 bits per heavy atom. The molecule has 6 amide bonds. The van der Waals surface area contributed by atoms with Crippen molar-refractivity contribution in [3.05, 3.63) is 22.3 Å². The van der Waals surface area contributed by atoms with Crippen molar-refractivity contribution < 1.29 is 54.2 Å². The third-order valence-corrected chi connectivity index (χ3v) is 10.1. The fourth-order valence-corrected chi connectivity index (χ4v) is 6.22. The summed E-state index contributed by atoms with van der Waals surface area (Å²) in [5.41, 5.74) is 2.24. The van der Waals surface area contributed by atoms with Crippen LogP contribution in [0.15, 0.2) is 0 Å². The summed E-state index contributed by atoms with van der Waals surface area (Å²) in [7, 11) is 0. The smallest absolute Gasteiger partial charge is 0.263 e. The first kappa shape index (κ1) is 47.7. The van der Waals surface area contributed by atoms with E-state index in [2.05, 4.69) is 16.0 Å². The van der Waals surface area contributed by atoms with E-state index in [1.165, 1.54) is 6.92 Å². The lowest BCUT2D eigenvalue weighted by Crippen LogP contribution is -2.51. The zero-order chi connectivity index (χ0) is 41.8. The summed E-state index contributed by atoms with van der Waals surface area (Å²) >= 11 is 0. The third kappa shape index (κ3) is 15.9. The Labute approximate surface area is 330 Å². The predicted octanol–water partition coefficient (Wildman–Crippen LogP) is 3.49. The molecular weight excluding hydrogens is 728 g/mol. The highest BCUT2D eigenvalue weighted by Crippen LogP contribution is 2.43. The maximum absolute atomic E-state index is 13.0. The number of hydrogen-bond donors (Lipinski definition) is 7. The lowest BCUT2D eigenvalue weighted by molar-refractivity contribution is -0.166. The van der Waals surface area contributed by atoms with E-state index in [0.717, 1.165) is 22.3 Å². The van der Waals surface area contributed by atoms with Crippen molar-refractivity contribution >= 4 is 35.4 Å². The van der Waals surface area contributed by atoms with E-state index in [1.54, 1.807) is 6.92 Å². The molecule has 0 fully saturated rings. The molecule has 17 nitrogen and oxygen atoms in total. The molecule has 0 radical (unpaired) electrons. The summed E-state index contributed by atoms with van der Waals surface area (Å²) in [6, 6.07) is 0. The lowest BCUT2D eigenvalue weighted by Gasteiger charge is -2.36. The topological polar surface area (TPSA) is 238 Å². The summed E-state index contributed by atoms with van der Waals surface area (Å²) in [6.45, 7) is 10.2. The quantitative estimate of drug-likeness (QED) is 0.0430. The second kappa shape index (κ2) is 24.2. The number of amides is 6. The Morgan fingerprint density at radius 2 is 1.07 bits per heavy atom. The zero-order valence-electron chi connectivity index (χ0n) is 33.8. The van der Waals surface area contributed by atoms with Gasteiger partial charge in [0, 0.05) is 83.9 Å². The number of carbonyl (C=O) groups is 6. The van der Waals surface area contributed by atoms with Crippen molar-refractivity contribution in [3.63, 3.8) is 0 Å². The number of carbonyl (C=O) groups excluding carboxylic acids is 6. The van der Waals surface area contributed by atoms with Gasteiger partial charge in [-0.05, 0) is 109 Å². The van der Waals surface area contributed by atoms with Gasteiger partial charge in [0.15, 0.2) is 5.60 Å². The minimum absolute atomic E-state index is 0.0601. The number of hydroxylamine groups is 6. The molecule has 0 spiro atoms. The van der Waals surface area contributed by atoms with Crippen LogP contribution in [-0.4, -0.2) is 116 Å². The largest absolute Gasteiger partial charge is 0.507 e. The molecule has 0 bridgehead atoms. The van der Waals surface area contributed by atoms with Gasteiger partial charge in [-0.1, -0.05) is 0 Å².